The monoisotopic (exact) mass is 167 g/mol. The number of nitrogens with zero attached hydrogens (tertiary/aromatic N) is 1. The summed E-state index contributed by atoms with van der Waals surface area (Å²) in [6, 6.07) is 2.05. The first-order chi connectivity index (χ1) is 4.88. The molecule has 0 amide bonds. The Hall–Kier alpha value is -0.540. The predicted molar refractivity (Wildman–Crippen MR) is 46.9 cm³/mol. The van der Waals surface area contributed by atoms with E-state index in [4.69, 9.17) is 0 Å². The largest absolute Gasteiger partial charge is 0.263 e. The number of pyridine rings is 1. The Morgan fingerprint density at radius 3 is 3.10 bits per heavy atom. The third-order valence-corrected chi connectivity index (χ3v) is 2.79. The molecule has 2 aromatic heterocycles. The molecule has 0 atom stereocenters. The smallest absolute Gasteiger partial charge is 0.0507 e. The van der Waals surface area contributed by atoms with Gasteiger partial charge >= 0.3 is 0 Å². The molecule has 0 spiro atoms. The lowest BCUT2D eigenvalue weighted by Gasteiger charge is -1.89. The first kappa shape index (κ1) is 6.19. The van der Waals surface area contributed by atoms with E-state index in [0.29, 0.717) is 0 Å². The molecule has 10 heavy (non-hydrogen) atoms. The molecular weight excluding hydrogens is 162 g/mol. The molecule has 2 rings (SSSR count). The highest BCUT2D eigenvalue weighted by Crippen LogP contribution is 2.25. The Morgan fingerprint density at radius 1 is 1.40 bits per heavy atom. The number of fused-ring (bicyclic) bond motifs is 1. The van der Waals surface area contributed by atoms with Gasteiger partial charge in [0.2, 0.25) is 0 Å². The van der Waals surface area contributed by atoms with E-state index >= 15 is 0 Å². The lowest BCUT2D eigenvalue weighted by atomic mass is 10.3. The number of thiophene rings is 1. The second-order valence-corrected chi connectivity index (χ2v) is 3.40. The highest BCUT2D eigenvalue weighted by atomic mass is 32.1. The summed E-state index contributed by atoms with van der Waals surface area (Å²) >= 11 is 5.96. The second-order valence-electron chi connectivity index (χ2n) is 2.00. The van der Waals surface area contributed by atoms with Crippen LogP contribution in [0.2, 0.25) is 0 Å². The van der Waals surface area contributed by atoms with Crippen LogP contribution in [0.25, 0.3) is 10.1 Å². The maximum Gasteiger partial charge on any atom is 0.0507 e. The van der Waals surface area contributed by atoms with E-state index in [0.717, 1.165) is 4.90 Å². The molecule has 0 radical (unpaired) electrons. The first-order valence-corrected chi connectivity index (χ1v) is 4.21. The van der Waals surface area contributed by atoms with Crippen molar-refractivity contribution < 1.29 is 0 Å². The normalized spacial score (nSPS) is 10.5. The molecule has 1 nitrogen and oxygen atoms in total. The topological polar surface area (TPSA) is 12.9 Å². The zero-order chi connectivity index (χ0) is 6.97. The molecule has 0 aromatic carbocycles. The number of rotatable bonds is 0. The highest BCUT2D eigenvalue weighted by molar-refractivity contribution is 7.80. The standard InChI is InChI=1S/C7H5NS2/c9-6-4-8-3-5-1-2-10-7(5)6/h1-4,9H. The van der Waals surface area contributed by atoms with E-state index in [9.17, 15) is 0 Å². The summed E-state index contributed by atoms with van der Waals surface area (Å²) in [5, 5.41) is 3.23. The van der Waals surface area contributed by atoms with Gasteiger partial charge < -0.3 is 0 Å². The molecule has 0 aliphatic carbocycles. The average molecular weight is 167 g/mol. The molecule has 0 saturated carbocycles. The Morgan fingerprint density at radius 2 is 2.30 bits per heavy atom. The van der Waals surface area contributed by atoms with Crippen molar-refractivity contribution in [1.29, 1.82) is 0 Å². The van der Waals surface area contributed by atoms with Gasteiger partial charge in [-0.15, -0.1) is 24.0 Å². The van der Waals surface area contributed by atoms with Gasteiger partial charge in [-0.25, -0.2) is 0 Å². The van der Waals surface area contributed by atoms with Crippen molar-refractivity contribution in [1.82, 2.24) is 4.98 Å². The van der Waals surface area contributed by atoms with Gasteiger partial charge in [0, 0.05) is 22.7 Å². The average Bonchev–Trinajstić information content (AvgIpc) is 2.36. The van der Waals surface area contributed by atoms with Gasteiger partial charge in [-0.05, 0) is 11.4 Å². The summed E-state index contributed by atoms with van der Waals surface area (Å²) in [7, 11) is 0. The van der Waals surface area contributed by atoms with Gasteiger partial charge in [0.05, 0.1) is 4.70 Å². The van der Waals surface area contributed by atoms with Crippen LogP contribution in [-0.2, 0) is 0 Å². The molecule has 50 valence electrons. The van der Waals surface area contributed by atoms with Crippen molar-refractivity contribution in [2.75, 3.05) is 0 Å². The molecule has 2 heterocycles. The van der Waals surface area contributed by atoms with Crippen molar-refractivity contribution in [3.63, 3.8) is 0 Å². The number of aromatic nitrogens is 1. The minimum atomic E-state index is 0.965. The SMILES string of the molecule is Sc1cncc2ccsc12. The third-order valence-electron chi connectivity index (χ3n) is 1.34. The van der Waals surface area contributed by atoms with E-state index in [1.807, 2.05) is 17.6 Å². The fraction of sp³-hybridized carbons (Fsp3) is 0. The maximum absolute atomic E-state index is 4.26. The fourth-order valence-corrected chi connectivity index (χ4v) is 2.01. The van der Waals surface area contributed by atoms with Crippen LogP contribution in [-0.4, -0.2) is 4.98 Å². The fourth-order valence-electron chi connectivity index (χ4n) is 0.876. The second kappa shape index (κ2) is 2.25. The van der Waals surface area contributed by atoms with E-state index < -0.39 is 0 Å². The van der Waals surface area contributed by atoms with Gasteiger partial charge in [-0.3, -0.25) is 4.98 Å². The summed E-state index contributed by atoms with van der Waals surface area (Å²) < 4.78 is 1.22. The molecular formula is C7H5NS2. The Balaban J connectivity index is 2.95. The van der Waals surface area contributed by atoms with Crippen molar-refractivity contribution in [2.24, 2.45) is 0 Å². The lowest BCUT2D eigenvalue weighted by molar-refractivity contribution is 1.30. The van der Waals surface area contributed by atoms with Crippen LogP contribution in [0, 0.1) is 0 Å². The van der Waals surface area contributed by atoms with Crippen LogP contribution < -0.4 is 0 Å². The van der Waals surface area contributed by atoms with Crippen LogP contribution in [0.1, 0.15) is 0 Å². The molecule has 2 aromatic rings. The molecule has 0 unspecified atom stereocenters. The zero-order valence-electron chi connectivity index (χ0n) is 5.11. The van der Waals surface area contributed by atoms with Crippen LogP contribution in [0.15, 0.2) is 28.7 Å². The number of hydrogen-bond donors (Lipinski definition) is 1. The van der Waals surface area contributed by atoms with Crippen LogP contribution in [0.5, 0.6) is 0 Å². The molecule has 0 bridgehead atoms. The summed E-state index contributed by atoms with van der Waals surface area (Å²) in [6.45, 7) is 0. The summed E-state index contributed by atoms with van der Waals surface area (Å²) in [6.07, 6.45) is 3.62. The highest BCUT2D eigenvalue weighted by Gasteiger charge is 1.96. The molecule has 0 aliphatic heterocycles. The van der Waals surface area contributed by atoms with Crippen molar-refractivity contribution in [3.8, 4) is 0 Å². The van der Waals surface area contributed by atoms with Crippen LogP contribution >= 0.6 is 24.0 Å². The lowest BCUT2D eigenvalue weighted by Crippen LogP contribution is -1.69. The molecule has 0 saturated heterocycles. The summed E-state index contributed by atoms with van der Waals surface area (Å²) in [5.74, 6) is 0. The number of thiol groups is 1. The molecule has 0 fully saturated rings. The number of hydrogen-bond acceptors (Lipinski definition) is 3. The maximum atomic E-state index is 4.26. The van der Waals surface area contributed by atoms with Gasteiger partial charge in [0.15, 0.2) is 0 Å². The Bertz CT molecular complexity index is 353. The van der Waals surface area contributed by atoms with Gasteiger partial charge in [0.1, 0.15) is 0 Å². The molecule has 3 heteroatoms. The first-order valence-electron chi connectivity index (χ1n) is 2.88. The van der Waals surface area contributed by atoms with E-state index in [2.05, 4.69) is 17.6 Å². The minimum absolute atomic E-state index is 0.965. The minimum Gasteiger partial charge on any atom is -0.263 e. The Labute approximate surface area is 68.1 Å². The van der Waals surface area contributed by atoms with Crippen molar-refractivity contribution >= 4 is 34.1 Å². The van der Waals surface area contributed by atoms with Crippen molar-refractivity contribution in [2.45, 2.75) is 4.90 Å². The predicted octanol–water partition coefficient (Wildman–Crippen LogP) is 2.59. The van der Waals surface area contributed by atoms with Crippen LogP contribution in [0.3, 0.4) is 0 Å². The van der Waals surface area contributed by atoms with E-state index in [1.165, 1.54) is 10.1 Å². The van der Waals surface area contributed by atoms with E-state index in [-0.39, 0.29) is 0 Å². The zero-order valence-corrected chi connectivity index (χ0v) is 6.82. The molecule has 0 N–H and O–H groups in total. The Kier molecular flexibility index (Phi) is 1.39. The summed E-state index contributed by atoms with van der Waals surface area (Å²) in [4.78, 5) is 4.98. The quantitative estimate of drug-likeness (QED) is 0.595. The molecule has 0 aliphatic rings. The van der Waals surface area contributed by atoms with E-state index in [1.54, 1.807) is 17.5 Å². The van der Waals surface area contributed by atoms with Gasteiger partial charge in [-0.2, -0.15) is 0 Å². The van der Waals surface area contributed by atoms with Gasteiger partial charge in [-0.1, -0.05) is 0 Å². The third kappa shape index (κ3) is 0.822. The van der Waals surface area contributed by atoms with Crippen molar-refractivity contribution in [3.05, 3.63) is 23.8 Å². The summed E-state index contributed by atoms with van der Waals surface area (Å²) in [5.41, 5.74) is 0. The van der Waals surface area contributed by atoms with Crippen LogP contribution in [0.4, 0.5) is 0 Å². The van der Waals surface area contributed by atoms with Gasteiger partial charge in [0.25, 0.3) is 0 Å².